The average molecular weight is 289 g/mol. The number of amides is 1. The molecule has 4 nitrogen and oxygen atoms in total. The van der Waals surface area contributed by atoms with E-state index in [2.05, 4.69) is 0 Å². The van der Waals surface area contributed by atoms with Crippen LogP contribution in [0.3, 0.4) is 0 Å². The summed E-state index contributed by atoms with van der Waals surface area (Å²) in [5.74, 6) is -0.188. The van der Waals surface area contributed by atoms with Crippen molar-refractivity contribution in [1.82, 2.24) is 4.90 Å². The molecule has 1 amide bonds. The first-order valence-electron chi connectivity index (χ1n) is 7.63. The zero-order valence-electron chi connectivity index (χ0n) is 12.5. The maximum Gasteiger partial charge on any atom is 0.335 e. The Labute approximate surface area is 125 Å². The van der Waals surface area contributed by atoms with E-state index in [1.807, 2.05) is 12.1 Å². The van der Waals surface area contributed by atoms with Crippen LogP contribution in [0.1, 0.15) is 48.0 Å². The molecule has 1 aliphatic carbocycles. The first kappa shape index (κ1) is 15.5. The lowest BCUT2D eigenvalue weighted by Crippen LogP contribution is -2.30. The largest absolute Gasteiger partial charge is 0.478 e. The number of carboxylic acid groups (broad SMARTS) is 1. The summed E-state index contributed by atoms with van der Waals surface area (Å²) in [6.07, 6.45) is 6.04. The van der Waals surface area contributed by atoms with Crippen LogP contribution in [0.5, 0.6) is 0 Å². The number of carbonyl (C=O) groups is 2. The SMILES string of the molecule is CN(CCc1ccccc1C(=O)O)C(=O)CC1CCCC1. The highest BCUT2D eigenvalue weighted by Crippen LogP contribution is 2.27. The summed E-state index contributed by atoms with van der Waals surface area (Å²) >= 11 is 0. The van der Waals surface area contributed by atoms with Gasteiger partial charge in [-0.3, -0.25) is 4.79 Å². The van der Waals surface area contributed by atoms with Gasteiger partial charge in [-0.2, -0.15) is 0 Å². The summed E-state index contributed by atoms with van der Waals surface area (Å²) < 4.78 is 0. The summed E-state index contributed by atoms with van der Waals surface area (Å²) in [5.41, 5.74) is 1.11. The molecule has 0 bridgehead atoms. The molecule has 0 spiro atoms. The molecule has 0 unspecified atom stereocenters. The zero-order valence-corrected chi connectivity index (χ0v) is 12.5. The molecule has 1 aromatic rings. The number of carbonyl (C=O) groups excluding carboxylic acids is 1. The van der Waals surface area contributed by atoms with Crippen molar-refractivity contribution in [3.05, 3.63) is 35.4 Å². The molecule has 0 radical (unpaired) electrons. The predicted octanol–water partition coefficient (Wildman–Crippen LogP) is 2.97. The van der Waals surface area contributed by atoms with Gasteiger partial charge >= 0.3 is 5.97 Å². The van der Waals surface area contributed by atoms with Crippen molar-refractivity contribution in [2.45, 2.75) is 38.5 Å². The molecule has 21 heavy (non-hydrogen) atoms. The molecular weight excluding hydrogens is 266 g/mol. The Kier molecular flexibility index (Phi) is 5.37. The molecule has 2 rings (SSSR count). The van der Waals surface area contributed by atoms with E-state index in [0.29, 0.717) is 30.9 Å². The lowest BCUT2D eigenvalue weighted by atomic mass is 10.0. The first-order valence-corrected chi connectivity index (χ1v) is 7.63. The molecule has 0 aliphatic heterocycles. The molecule has 0 heterocycles. The van der Waals surface area contributed by atoms with E-state index in [1.165, 1.54) is 25.7 Å². The van der Waals surface area contributed by atoms with E-state index < -0.39 is 5.97 Å². The van der Waals surface area contributed by atoms with E-state index in [9.17, 15) is 9.59 Å². The van der Waals surface area contributed by atoms with E-state index in [0.717, 1.165) is 5.56 Å². The normalized spacial score (nSPS) is 15.1. The molecule has 0 saturated heterocycles. The summed E-state index contributed by atoms with van der Waals surface area (Å²) in [7, 11) is 1.81. The smallest absolute Gasteiger partial charge is 0.335 e. The first-order chi connectivity index (χ1) is 10.1. The second kappa shape index (κ2) is 7.25. The van der Waals surface area contributed by atoms with Gasteiger partial charge in [0.05, 0.1) is 5.56 Å². The fraction of sp³-hybridized carbons (Fsp3) is 0.529. The van der Waals surface area contributed by atoms with Gasteiger partial charge in [-0.1, -0.05) is 31.0 Å². The number of benzene rings is 1. The van der Waals surface area contributed by atoms with Crippen LogP contribution in [-0.4, -0.2) is 35.5 Å². The molecule has 1 aliphatic rings. The van der Waals surface area contributed by atoms with Crippen molar-refractivity contribution < 1.29 is 14.7 Å². The molecule has 1 aromatic carbocycles. The standard InChI is InChI=1S/C17H23NO3/c1-18(16(19)12-13-6-2-3-7-13)11-10-14-8-4-5-9-15(14)17(20)21/h4-5,8-9,13H,2-3,6-7,10-12H2,1H3,(H,20,21). The molecule has 114 valence electrons. The van der Waals surface area contributed by atoms with Gasteiger partial charge in [0.25, 0.3) is 0 Å². The number of aromatic carboxylic acids is 1. The molecule has 0 atom stereocenters. The minimum absolute atomic E-state index is 0.176. The Bertz CT molecular complexity index is 507. The van der Waals surface area contributed by atoms with Crippen LogP contribution < -0.4 is 0 Å². The van der Waals surface area contributed by atoms with Crippen molar-refractivity contribution in [2.75, 3.05) is 13.6 Å². The summed E-state index contributed by atoms with van der Waals surface area (Å²) in [5, 5.41) is 9.15. The maximum absolute atomic E-state index is 12.1. The lowest BCUT2D eigenvalue weighted by Gasteiger charge is -2.19. The van der Waals surface area contributed by atoms with Gasteiger partial charge in [0.15, 0.2) is 0 Å². The highest BCUT2D eigenvalue weighted by atomic mass is 16.4. The van der Waals surface area contributed by atoms with Gasteiger partial charge in [0.2, 0.25) is 5.91 Å². The summed E-state index contributed by atoms with van der Waals surface area (Å²) in [6.45, 7) is 0.565. The monoisotopic (exact) mass is 289 g/mol. The van der Waals surface area contributed by atoms with Crippen molar-refractivity contribution >= 4 is 11.9 Å². The average Bonchev–Trinajstić information content (AvgIpc) is 2.97. The Hall–Kier alpha value is -1.84. The molecule has 4 heteroatoms. The lowest BCUT2D eigenvalue weighted by molar-refractivity contribution is -0.130. The third-order valence-corrected chi connectivity index (χ3v) is 4.33. The molecule has 0 aromatic heterocycles. The number of likely N-dealkylation sites (N-methyl/N-ethyl adjacent to an activating group) is 1. The highest BCUT2D eigenvalue weighted by Gasteiger charge is 2.20. The highest BCUT2D eigenvalue weighted by molar-refractivity contribution is 5.89. The summed E-state index contributed by atoms with van der Waals surface area (Å²) in [6, 6.07) is 6.99. The van der Waals surface area contributed by atoms with Crippen molar-refractivity contribution in [2.24, 2.45) is 5.92 Å². The fourth-order valence-corrected chi connectivity index (χ4v) is 2.98. The van der Waals surface area contributed by atoms with Gasteiger partial charge in [0, 0.05) is 20.0 Å². The Morgan fingerprint density at radius 1 is 1.24 bits per heavy atom. The van der Waals surface area contributed by atoms with Crippen molar-refractivity contribution in [3.8, 4) is 0 Å². The van der Waals surface area contributed by atoms with Crippen LogP contribution in [0.4, 0.5) is 0 Å². The van der Waals surface area contributed by atoms with E-state index in [-0.39, 0.29) is 5.91 Å². The van der Waals surface area contributed by atoms with Crippen LogP contribution in [-0.2, 0) is 11.2 Å². The molecule has 1 saturated carbocycles. The Morgan fingerprint density at radius 2 is 1.90 bits per heavy atom. The second-order valence-corrected chi connectivity index (χ2v) is 5.88. The number of carboxylic acids is 1. The van der Waals surface area contributed by atoms with Gasteiger partial charge in [-0.25, -0.2) is 4.79 Å². The van der Waals surface area contributed by atoms with Gasteiger partial charge in [0.1, 0.15) is 0 Å². The topological polar surface area (TPSA) is 57.6 Å². The fourth-order valence-electron chi connectivity index (χ4n) is 2.98. The van der Waals surface area contributed by atoms with E-state index in [1.54, 1.807) is 24.1 Å². The quantitative estimate of drug-likeness (QED) is 0.876. The maximum atomic E-state index is 12.1. The number of hydrogen-bond donors (Lipinski definition) is 1. The second-order valence-electron chi connectivity index (χ2n) is 5.88. The van der Waals surface area contributed by atoms with Crippen molar-refractivity contribution in [1.29, 1.82) is 0 Å². The minimum atomic E-state index is -0.912. The van der Waals surface area contributed by atoms with Crippen LogP contribution in [0, 0.1) is 5.92 Å². The van der Waals surface area contributed by atoms with E-state index >= 15 is 0 Å². The van der Waals surface area contributed by atoms with Gasteiger partial charge in [-0.05, 0) is 36.8 Å². The molecule has 1 N–H and O–H groups in total. The number of nitrogens with zero attached hydrogens (tertiary/aromatic N) is 1. The third-order valence-electron chi connectivity index (χ3n) is 4.33. The third kappa shape index (κ3) is 4.31. The van der Waals surface area contributed by atoms with Gasteiger partial charge in [-0.15, -0.1) is 0 Å². The van der Waals surface area contributed by atoms with Crippen LogP contribution in [0.2, 0.25) is 0 Å². The number of hydrogen-bond acceptors (Lipinski definition) is 2. The van der Waals surface area contributed by atoms with Crippen LogP contribution in [0.15, 0.2) is 24.3 Å². The number of rotatable bonds is 6. The zero-order chi connectivity index (χ0) is 15.2. The van der Waals surface area contributed by atoms with Crippen LogP contribution >= 0.6 is 0 Å². The molecular formula is C17H23NO3. The Morgan fingerprint density at radius 3 is 2.57 bits per heavy atom. The predicted molar refractivity (Wildman–Crippen MR) is 81.3 cm³/mol. The van der Waals surface area contributed by atoms with Gasteiger partial charge < -0.3 is 10.0 Å². The Balaban J connectivity index is 1.87. The minimum Gasteiger partial charge on any atom is -0.478 e. The summed E-state index contributed by atoms with van der Waals surface area (Å²) in [4.78, 5) is 25.0. The van der Waals surface area contributed by atoms with Crippen molar-refractivity contribution in [3.63, 3.8) is 0 Å². The molecule has 1 fully saturated rings. The van der Waals surface area contributed by atoms with Crippen LogP contribution in [0.25, 0.3) is 0 Å². The van der Waals surface area contributed by atoms with E-state index in [4.69, 9.17) is 5.11 Å².